The van der Waals surface area contributed by atoms with Crippen LogP contribution in [0.15, 0.2) is 29.9 Å². The zero-order valence-corrected chi connectivity index (χ0v) is 14.3. The molecular weight excluding hydrogens is 327 g/mol. The number of halogens is 1. The van der Waals surface area contributed by atoms with Crippen LogP contribution in [0.4, 0.5) is 10.3 Å². The van der Waals surface area contributed by atoms with E-state index in [1.165, 1.54) is 17.3 Å². The third kappa shape index (κ3) is 3.43. The third-order valence-corrected chi connectivity index (χ3v) is 5.58. The Bertz CT molecular complexity index is 662. The van der Waals surface area contributed by atoms with E-state index in [9.17, 15) is 4.39 Å². The number of hydrogen-bond donors (Lipinski definition) is 0. The van der Waals surface area contributed by atoms with Crippen molar-refractivity contribution in [3.8, 4) is 0 Å². The van der Waals surface area contributed by atoms with Gasteiger partial charge in [0.15, 0.2) is 5.82 Å². The van der Waals surface area contributed by atoms with Crippen molar-refractivity contribution in [1.82, 2.24) is 14.9 Å². The van der Waals surface area contributed by atoms with E-state index in [-0.39, 0.29) is 5.60 Å². The lowest BCUT2D eigenvalue weighted by Crippen LogP contribution is -2.59. The molecule has 0 unspecified atom stereocenters. The average molecular weight is 348 g/mol. The van der Waals surface area contributed by atoms with E-state index >= 15 is 0 Å². The monoisotopic (exact) mass is 348 g/mol. The molecule has 1 atom stereocenters. The van der Waals surface area contributed by atoms with Crippen molar-refractivity contribution in [3.63, 3.8) is 0 Å². The summed E-state index contributed by atoms with van der Waals surface area (Å²) < 4.78 is 19.3. The number of thiophene rings is 1. The van der Waals surface area contributed by atoms with Crippen molar-refractivity contribution in [2.75, 3.05) is 37.7 Å². The van der Waals surface area contributed by atoms with Gasteiger partial charge in [0.05, 0.1) is 31.1 Å². The highest BCUT2D eigenvalue weighted by atomic mass is 32.1. The first-order valence-corrected chi connectivity index (χ1v) is 9.22. The fourth-order valence-electron chi connectivity index (χ4n) is 3.67. The summed E-state index contributed by atoms with van der Waals surface area (Å²) in [5.74, 6) is 0.191. The largest absolute Gasteiger partial charge is 0.370 e. The maximum absolute atomic E-state index is 13.1. The van der Waals surface area contributed by atoms with E-state index in [1.807, 2.05) is 0 Å². The molecule has 128 valence electrons. The first kappa shape index (κ1) is 15.9. The van der Waals surface area contributed by atoms with Gasteiger partial charge in [-0.15, -0.1) is 11.3 Å². The van der Waals surface area contributed by atoms with Crippen LogP contribution >= 0.6 is 11.3 Å². The molecule has 5 nitrogen and oxygen atoms in total. The number of morpholine rings is 1. The normalized spacial score (nSPS) is 25.3. The molecule has 0 N–H and O–H groups in total. The quantitative estimate of drug-likeness (QED) is 0.853. The van der Waals surface area contributed by atoms with Crippen LogP contribution in [0.25, 0.3) is 0 Å². The van der Waals surface area contributed by atoms with Crippen LogP contribution in [0.3, 0.4) is 0 Å². The molecule has 0 aliphatic carbocycles. The minimum atomic E-state index is -0.401. The summed E-state index contributed by atoms with van der Waals surface area (Å²) in [7, 11) is 0. The molecule has 2 aromatic heterocycles. The van der Waals surface area contributed by atoms with E-state index < -0.39 is 5.82 Å². The maximum Gasteiger partial charge on any atom is 0.225 e. The van der Waals surface area contributed by atoms with Crippen LogP contribution in [-0.2, 0) is 11.3 Å². The van der Waals surface area contributed by atoms with Crippen molar-refractivity contribution in [2.45, 2.75) is 25.0 Å². The first-order valence-electron chi connectivity index (χ1n) is 8.34. The molecule has 4 rings (SSSR count). The van der Waals surface area contributed by atoms with E-state index in [2.05, 4.69) is 37.3 Å². The zero-order chi connectivity index (χ0) is 16.4. The van der Waals surface area contributed by atoms with Crippen LogP contribution < -0.4 is 4.90 Å². The number of aromatic nitrogens is 2. The van der Waals surface area contributed by atoms with Gasteiger partial charge in [-0.05, 0) is 24.3 Å². The predicted octanol–water partition coefficient (Wildman–Crippen LogP) is 2.55. The Balaban J connectivity index is 1.46. The summed E-state index contributed by atoms with van der Waals surface area (Å²) in [4.78, 5) is 14.3. The molecule has 0 aromatic carbocycles. The van der Waals surface area contributed by atoms with Crippen molar-refractivity contribution in [1.29, 1.82) is 0 Å². The Hall–Kier alpha value is -1.57. The molecule has 24 heavy (non-hydrogen) atoms. The van der Waals surface area contributed by atoms with Gasteiger partial charge in [0, 0.05) is 31.1 Å². The summed E-state index contributed by atoms with van der Waals surface area (Å²) in [5.41, 5.74) is -0.175. The van der Waals surface area contributed by atoms with Crippen LogP contribution in [0.1, 0.15) is 17.7 Å². The average Bonchev–Trinajstić information content (AvgIpc) is 3.09. The number of piperidine rings is 1. The molecule has 2 fully saturated rings. The SMILES string of the molecule is Fc1cnc(N2CCC[C@]3(CN(Cc4cccs4)CCO3)C2)nc1. The summed E-state index contributed by atoms with van der Waals surface area (Å²) in [6, 6.07) is 4.29. The zero-order valence-electron chi connectivity index (χ0n) is 13.5. The highest BCUT2D eigenvalue weighted by molar-refractivity contribution is 7.09. The fraction of sp³-hybridized carbons (Fsp3) is 0.529. The number of nitrogens with zero attached hydrogens (tertiary/aromatic N) is 4. The molecule has 7 heteroatoms. The third-order valence-electron chi connectivity index (χ3n) is 4.72. The lowest BCUT2D eigenvalue weighted by atomic mass is 9.91. The van der Waals surface area contributed by atoms with Gasteiger partial charge in [-0.1, -0.05) is 6.07 Å². The minimum absolute atomic E-state index is 0.175. The van der Waals surface area contributed by atoms with Gasteiger partial charge in [0.1, 0.15) is 0 Å². The number of ether oxygens (including phenoxy) is 1. The highest BCUT2D eigenvalue weighted by Gasteiger charge is 2.41. The Kier molecular flexibility index (Phi) is 4.47. The fourth-order valence-corrected chi connectivity index (χ4v) is 4.41. The van der Waals surface area contributed by atoms with Crippen LogP contribution in [0, 0.1) is 5.82 Å². The first-order chi connectivity index (χ1) is 11.7. The molecule has 2 aliphatic rings. The summed E-state index contributed by atoms with van der Waals surface area (Å²) in [5, 5.41) is 2.12. The molecule has 0 saturated carbocycles. The number of hydrogen-bond acceptors (Lipinski definition) is 6. The molecule has 4 heterocycles. The molecule has 2 aromatic rings. The Labute approximate surface area is 145 Å². The predicted molar refractivity (Wildman–Crippen MR) is 91.7 cm³/mol. The smallest absolute Gasteiger partial charge is 0.225 e. The van der Waals surface area contributed by atoms with E-state index in [4.69, 9.17) is 4.74 Å². The summed E-state index contributed by atoms with van der Waals surface area (Å²) in [6.45, 7) is 5.27. The van der Waals surface area contributed by atoms with Crippen LogP contribution in [0.5, 0.6) is 0 Å². The molecule has 0 amide bonds. The van der Waals surface area contributed by atoms with Gasteiger partial charge in [-0.25, -0.2) is 14.4 Å². The topological polar surface area (TPSA) is 41.5 Å². The second-order valence-electron chi connectivity index (χ2n) is 6.55. The minimum Gasteiger partial charge on any atom is -0.370 e. The van der Waals surface area contributed by atoms with Crippen molar-refractivity contribution in [3.05, 3.63) is 40.6 Å². The Morgan fingerprint density at radius 3 is 2.92 bits per heavy atom. The standard InChI is InChI=1S/C17H21FN4OS/c18-14-9-19-16(20-10-14)22-5-2-4-17(13-22)12-21(6-7-23-17)11-15-3-1-8-24-15/h1,3,8-10H,2,4-7,11-13H2/t17-/m0/s1. The van der Waals surface area contributed by atoms with Gasteiger partial charge in [-0.3, -0.25) is 4.90 Å². The highest BCUT2D eigenvalue weighted by Crippen LogP contribution is 2.31. The van der Waals surface area contributed by atoms with Gasteiger partial charge >= 0.3 is 0 Å². The molecule has 2 aliphatic heterocycles. The molecule has 2 saturated heterocycles. The van der Waals surface area contributed by atoms with Gasteiger partial charge < -0.3 is 9.64 Å². The molecule has 1 spiro atoms. The van der Waals surface area contributed by atoms with Gasteiger partial charge in [0.2, 0.25) is 5.95 Å². The van der Waals surface area contributed by atoms with E-state index in [0.717, 1.165) is 52.2 Å². The van der Waals surface area contributed by atoms with Gasteiger partial charge in [0.25, 0.3) is 0 Å². The summed E-state index contributed by atoms with van der Waals surface area (Å²) >= 11 is 1.80. The van der Waals surface area contributed by atoms with Crippen molar-refractivity contribution in [2.24, 2.45) is 0 Å². The van der Waals surface area contributed by atoms with E-state index in [0.29, 0.717) is 5.95 Å². The number of anilines is 1. The maximum atomic E-state index is 13.1. The second-order valence-corrected chi connectivity index (χ2v) is 7.58. The molecule has 0 radical (unpaired) electrons. The van der Waals surface area contributed by atoms with E-state index in [1.54, 1.807) is 11.3 Å². The number of rotatable bonds is 3. The van der Waals surface area contributed by atoms with Crippen LogP contribution in [0.2, 0.25) is 0 Å². The second kappa shape index (κ2) is 6.74. The summed E-state index contributed by atoms with van der Waals surface area (Å²) in [6.07, 6.45) is 4.54. The lowest BCUT2D eigenvalue weighted by Gasteiger charge is -2.48. The Morgan fingerprint density at radius 1 is 1.25 bits per heavy atom. The van der Waals surface area contributed by atoms with Crippen molar-refractivity contribution >= 4 is 17.3 Å². The van der Waals surface area contributed by atoms with Gasteiger partial charge in [-0.2, -0.15) is 0 Å². The lowest BCUT2D eigenvalue weighted by molar-refractivity contribution is -0.116. The van der Waals surface area contributed by atoms with Crippen LogP contribution in [-0.4, -0.2) is 53.3 Å². The molecular formula is C17H21FN4OS. The molecule has 0 bridgehead atoms. The van der Waals surface area contributed by atoms with Crippen molar-refractivity contribution < 1.29 is 9.13 Å². The Morgan fingerprint density at radius 2 is 2.12 bits per heavy atom.